The van der Waals surface area contributed by atoms with Gasteiger partial charge >= 0.3 is 0 Å². The molecule has 6 nitrogen and oxygen atoms in total. The predicted octanol–water partition coefficient (Wildman–Crippen LogP) is -0.322. The predicted molar refractivity (Wildman–Crippen MR) is 68.9 cm³/mol. The van der Waals surface area contributed by atoms with Gasteiger partial charge in [0.1, 0.15) is 5.82 Å². The number of nitrogens with two attached hydrogens (primary N) is 1. The van der Waals surface area contributed by atoms with E-state index in [-0.39, 0.29) is 0 Å². The molecule has 0 unspecified atom stereocenters. The molecule has 1 aliphatic heterocycles. The molecule has 1 aliphatic rings. The SMILES string of the molecule is CN(C)CCNc1nc(N)nc2c1CNCC2. The average Bonchev–Trinajstić information content (AvgIpc) is 2.28. The average molecular weight is 236 g/mol. The summed E-state index contributed by atoms with van der Waals surface area (Å²) in [6, 6.07) is 0. The number of aromatic nitrogens is 2. The first kappa shape index (κ1) is 12.1. The minimum Gasteiger partial charge on any atom is -0.368 e. The molecule has 0 bridgehead atoms. The van der Waals surface area contributed by atoms with Crippen LogP contribution in [0.1, 0.15) is 11.3 Å². The summed E-state index contributed by atoms with van der Waals surface area (Å²) in [7, 11) is 4.10. The van der Waals surface area contributed by atoms with Gasteiger partial charge in [0.2, 0.25) is 5.95 Å². The third-order valence-corrected chi connectivity index (χ3v) is 2.80. The van der Waals surface area contributed by atoms with Crippen molar-refractivity contribution in [3.8, 4) is 0 Å². The summed E-state index contributed by atoms with van der Waals surface area (Å²) in [4.78, 5) is 10.7. The number of likely N-dealkylation sites (N-methyl/N-ethyl adjacent to an activating group) is 1. The van der Waals surface area contributed by atoms with E-state index in [9.17, 15) is 0 Å². The van der Waals surface area contributed by atoms with Crippen LogP contribution in [-0.2, 0) is 13.0 Å². The molecule has 4 N–H and O–H groups in total. The highest BCUT2D eigenvalue weighted by Crippen LogP contribution is 2.20. The first-order valence-electron chi connectivity index (χ1n) is 5.91. The number of hydrogen-bond donors (Lipinski definition) is 3. The summed E-state index contributed by atoms with van der Waals surface area (Å²) in [5.41, 5.74) is 7.95. The van der Waals surface area contributed by atoms with Crippen LogP contribution >= 0.6 is 0 Å². The lowest BCUT2D eigenvalue weighted by molar-refractivity contribution is 0.425. The lowest BCUT2D eigenvalue weighted by Crippen LogP contribution is -2.28. The van der Waals surface area contributed by atoms with Crippen LogP contribution in [0.4, 0.5) is 11.8 Å². The van der Waals surface area contributed by atoms with Crippen molar-refractivity contribution in [2.24, 2.45) is 0 Å². The molecule has 0 aliphatic carbocycles. The molecule has 0 spiro atoms. The fourth-order valence-corrected chi connectivity index (χ4v) is 1.91. The van der Waals surface area contributed by atoms with Crippen LogP contribution in [0, 0.1) is 0 Å². The molecule has 2 rings (SSSR count). The van der Waals surface area contributed by atoms with Gasteiger partial charge in [0.05, 0.1) is 5.69 Å². The molecule has 6 heteroatoms. The first-order valence-corrected chi connectivity index (χ1v) is 5.91. The molecule has 0 aromatic carbocycles. The van der Waals surface area contributed by atoms with Gasteiger partial charge in [-0.05, 0) is 14.1 Å². The molecule has 0 saturated heterocycles. The van der Waals surface area contributed by atoms with E-state index in [1.165, 1.54) is 0 Å². The van der Waals surface area contributed by atoms with Crippen molar-refractivity contribution in [3.05, 3.63) is 11.3 Å². The van der Waals surface area contributed by atoms with Crippen LogP contribution < -0.4 is 16.4 Å². The zero-order chi connectivity index (χ0) is 12.3. The standard InChI is InChI=1S/C11H20N6/c1-17(2)6-5-14-10-8-7-13-4-3-9(8)15-11(12)16-10/h13H,3-7H2,1-2H3,(H3,12,14,15,16). The number of nitrogens with zero attached hydrogens (tertiary/aromatic N) is 3. The Kier molecular flexibility index (Phi) is 3.75. The van der Waals surface area contributed by atoms with Crippen molar-refractivity contribution in [1.82, 2.24) is 20.2 Å². The minimum absolute atomic E-state index is 0.359. The number of hydrogen-bond acceptors (Lipinski definition) is 6. The Morgan fingerprint density at radius 2 is 2.24 bits per heavy atom. The van der Waals surface area contributed by atoms with E-state index in [2.05, 4.69) is 25.5 Å². The molecule has 94 valence electrons. The summed E-state index contributed by atoms with van der Waals surface area (Å²) < 4.78 is 0. The number of fused-ring (bicyclic) bond motifs is 1. The molecule has 0 atom stereocenters. The van der Waals surface area contributed by atoms with Gasteiger partial charge in [-0.15, -0.1) is 0 Å². The van der Waals surface area contributed by atoms with Gasteiger partial charge in [0.25, 0.3) is 0 Å². The molecule has 1 aromatic rings. The van der Waals surface area contributed by atoms with Gasteiger partial charge in [-0.25, -0.2) is 4.98 Å². The molecular formula is C11H20N6. The van der Waals surface area contributed by atoms with E-state index < -0.39 is 0 Å². The van der Waals surface area contributed by atoms with Crippen molar-refractivity contribution in [2.45, 2.75) is 13.0 Å². The van der Waals surface area contributed by atoms with Gasteiger partial charge < -0.3 is 21.3 Å². The van der Waals surface area contributed by atoms with Crippen LogP contribution in [0.15, 0.2) is 0 Å². The van der Waals surface area contributed by atoms with Crippen LogP contribution in [0.3, 0.4) is 0 Å². The highest BCUT2D eigenvalue weighted by molar-refractivity contribution is 5.50. The fourth-order valence-electron chi connectivity index (χ4n) is 1.91. The van der Waals surface area contributed by atoms with E-state index in [1.54, 1.807) is 0 Å². The van der Waals surface area contributed by atoms with E-state index in [1.807, 2.05) is 14.1 Å². The summed E-state index contributed by atoms with van der Waals surface area (Å²) >= 11 is 0. The van der Waals surface area contributed by atoms with Gasteiger partial charge in [0.15, 0.2) is 0 Å². The maximum Gasteiger partial charge on any atom is 0.222 e. The normalized spacial score (nSPS) is 14.8. The molecular weight excluding hydrogens is 216 g/mol. The first-order chi connectivity index (χ1) is 8.16. The maximum atomic E-state index is 5.72. The minimum atomic E-state index is 0.359. The zero-order valence-corrected chi connectivity index (χ0v) is 10.5. The van der Waals surface area contributed by atoms with Crippen molar-refractivity contribution in [1.29, 1.82) is 0 Å². The second kappa shape index (κ2) is 5.29. The van der Waals surface area contributed by atoms with Crippen LogP contribution in [0.2, 0.25) is 0 Å². The monoisotopic (exact) mass is 236 g/mol. The van der Waals surface area contributed by atoms with Crippen LogP contribution in [0.25, 0.3) is 0 Å². The van der Waals surface area contributed by atoms with Gasteiger partial charge in [-0.2, -0.15) is 4.98 Å². The van der Waals surface area contributed by atoms with E-state index in [0.717, 1.165) is 49.7 Å². The molecule has 17 heavy (non-hydrogen) atoms. The van der Waals surface area contributed by atoms with E-state index >= 15 is 0 Å². The molecule has 0 radical (unpaired) electrons. The Balaban J connectivity index is 2.12. The number of anilines is 2. The summed E-state index contributed by atoms with van der Waals surface area (Å²) in [6.07, 6.45) is 0.921. The Hall–Kier alpha value is -1.40. The summed E-state index contributed by atoms with van der Waals surface area (Å²) in [6.45, 7) is 3.60. The fraction of sp³-hybridized carbons (Fsp3) is 0.636. The van der Waals surface area contributed by atoms with Gasteiger partial charge in [0, 0.05) is 38.2 Å². The lowest BCUT2D eigenvalue weighted by Gasteiger charge is -2.20. The van der Waals surface area contributed by atoms with E-state index in [4.69, 9.17) is 5.73 Å². The summed E-state index contributed by atoms with van der Waals surface area (Å²) in [5.74, 6) is 1.24. The largest absolute Gasteiger partial charge is 0.368 e. The Labute approximate surface area is 102 Å². The maximum absolute atomic E-state index is 5.72. The van der Waals surface area contributed by atoms with Crippen LogP contribution in [0.5, 0.6) is 0 Å². The quantitative estimate of drug-likeness (QED) is 0.665. The molecule has 0 amide bonds. The highest BCUT2D eigenvalue weighted by atomic mass is 15.1. The highest BCUT2D eigenvalue weighted by Gasteiger charge is 2.16. The van der Waals surface area contributed by atoms with Crippen molar-refractivity contribution in [2.75, 3.05) is 44.8 Å². The Bertz CT molecular complexity index is 390. The summed E-state index contributed by atoms with van der Waals surface area (Å²) in [5, 5.41) is 6.66. The van der Waals surface area contributed by atoms with Gasteiger partial charge in [-0.3, -0.25) is 0 Å². The number of rotatable bonds is 4. The van der Waals surface area contributed by atoms with Crippen molar-refractivity contribution < 1.29 is 0 Å². The number of nitrogens with one attached hydrogen (secondary N) is 2. The van der Waals surface area contributed by atoms with E-state index in [0.29, 0.717) is 5.95 Å². The molecule has 0 fully saturated rings. The Morgan fingerprint density at radius 3 is 3.00 bits per heavy atom. The van der Waals surface area contributed by atoms with Crippen molar-refractivity contribution >= 4 is 11.8 Å². The Morgan fingerprint density at radius 1 is 1.41 bits per heavy atom. The molecule has 0 saturated carbocycles. The molecule has 1 aromatic heterocycles. The van der Waals surface area contributed by atoms with Crippen LogP contribution in [-0.4, -0.2) is 48.6 Å². The third-order valence-electron chi connectivity index (χ3n) is 2.80. The number of nitrogen functional groups attached to an aromatic ring is 1. The topological polar surface area (TPSA) is 79.1 Å². The molecule has 2 heterocycles. The smallest absolute Gasteiger partial charge is 0.222 e. The third kappa shape index (κ3) is 3.04. The second-order valence-electron chi connectivity index (χ2n) is 4.51. The second-order valence-corrected chi connectivity index (χ2v) is 4.51. The zero-order valence-electron chi connectivity index (χ0n) is 10.5. The lowest BCUT2D eigenvalue weighted by atomic mass is 10.1. The van der Waals surface area contributed by atoms with Gasteiger partial charge in [-0.1, -0.05) is 0 Å². The van der Waals surface area contributed by atoms with Crippen molar-refractivity contribution in [3.63, 3.8) is 0 Å².